The maximum atomic E-state index is 12.2. The molecular formula is C22H24Cl2N2O3S. The van der Waals surface area contributed by atoms with Crippen molar-refractivity contribution in [2.45, 2.75) is 24.5 Å². The van der Waals surface area contributed by atoms with E-state index in [0.717, 1.165) is 30.1 Å². The van der Waals surface area contributed by atoms with Crippen LogP contribution in [0.3, 0.4) is 0 Å². The lowest BCUT2D eigenvalue weighted by atomic mass is 10.2. The number of nitrogens with one attached hydrogen (secondary N) is 1. The van der Waals surface area contributed by atoms with Gasteiger partial charge in [-0.05, 0) is 36.8 Å². The van der Waals surface area contributed by atoms with Crippen LogP contribution in [0.15, 0.2) is 47.4 Å². The summed E-state index contributed by atoms with van der Waals surface area (Å²) in [6.45, 7) is 4.96. The van der Waals surface area contributed by atoms with E-state index in [9.17, 15) is 9.59 Å². The zero-order valence-corrected chi connectivity index (χ0v) is 19.0. The van der Waals surface area contributed by atoms with Crippen LogP contribution in [0.25, 0.3) is 0 Å². The molecule has 3 rings (SSSR count). The highest BCUT2D eigenvalue weighted by Gasteiger charge is 2.21. The van der Waals surface area contributed by atoms with Crippen LogP contribution in [0.2, 0.25) is 10.0 Å². The number of ether oxygens (including phenoxy) is 1. The van der Waals surface area contributed by atoms with E-state index >= 15 is 0 Å². The standard InChI is InChI=1S/C22H24Cl2N2O3S/c1-15(27)17-3-5-19(6-4-17)30-14-22(28)25-11-18-13-26(8-9-29-18)12-16-2-7-20(23)21(24)10-16/h2-7,10,18H,8-9,11-14H2,1H3,(H,25,28). The second-order valence-electron chi connectivity index (χ2n) is 7.15. The van der Waals surface area contributed by atoms with Gasteiger partial charge in [0.1, 0.15) is 0 Å². The van der Waals surface area contributed by atoms with E-state index in [-0.39, 0.29) is 17.8 Å². The van der Waals surface area contributed by atoms with Crippen LogP contribution < -0.4 is 5.32 Å². The molecule has 8 heteroatoms. The van der Waals surface area contributed by atoms with E-state index in [1.807, 2.05) is 30.3 Å². The Balaban J connectivity index is 1.40. The molecule has 1 atom stereocenters. The topological polar surface area (TPSA) is 58.6 Å². The number of hydrogen-bond acceptors (Lipinski definition) is 5. The number of rotatable bonds is 8. The first-order valence-electron chi connectivity index (χ1n) is 9.69. The van der Waals surface area contributed by atoms with E-state index in [0.29, 0.717) is 34.5 Å². The number of carbonyl (C=O) groups excluding carboxylic acids is 2. The van der Waals surface area contributed by atoms with Crippen LogP contribution in [0.1, 0.15) is 22.8 Å². The van der Waals surface area contributed by atoms with E-state index in [1.54, 1.807) is 12.1 Å². The highest BCUT2D eigenvalue weighted by atomic mass is 35.5. The van der Waals surface area contributed by atoms with Gasteiger partial charge in [-0.25, -0.2) is 0 Å². The number of thioether (sulfide) groups is 1. The molecule has 0 aliphatic carbocycles. The molecule has 1 N–H and O–H groups in total. The highest BCUT2D eigenvalue weighted by Crippen LogP contribution is 2.23. The van der Waals surface area contributed by atoms with Gasteiger partial charge in [0.2, 0.25) is 5.91 Å². The Morgan fingerprint density at radius 2 is 1.93 bits per heavy atom. The molecule has 0 spiro atoms. The lowest BCUT2D eigenvalue weighted by Gasteiger charge is -2.33. The predicted molar refractivity (Wildman–Crippen MR) is 122 cm³/mol. The van der Waals surface area contributed by atoms with E-state index in [2.05, 4.69) is 10.2 Å². The molecule has 1 heterocycles. The number of morpholine rings is 1. The largest absolute Gasteiger partial charge is 0.374 e. The summed E-state index contributed by atoms with van der Waals surface area (Å²) in [5.74, 6) is 0.310. The Bertz CT molecular complexity index is 892. The van der Waals surface area contributed by atoms with Crippen LogP contribution in [-0.2, 0) is 16.1 Å². The van der Waals surface area contributed by atoms with Crippen LogP contribution >= 0.6 is 35.0 Å². The number of amides is 1. The fourth-order valence-electron chi connectivity index (χ4n) is 3.16. The van der Waals surface area contributed by atoms with Gasteiger partial charge in [0.25, 0.3) is 0 Å². The molecule has 160 valence electrons. The monoisotopic (exact) mass is 466 g/mol. The molecule has 30 heavy (non-hydrogen) atoms. The van der Waals surface area contributed by atoms with Crippen molar-refractivity contribution in [2.24, 2.45) is 0 Å². The average Bonchev–Trinajstić information content (AvgIpc) is 2.74. The maximum absolute atomic E-state index is 12.2. The van der Waals surface area contributed by atoms with Crippen LogP contribution in [0, 0.1) is 0 Å². The summed E-state index contributed by atoms with van der Waals surface area (Å²) in [6.07, 6.45) is -0.0506. The van der Waals surface area contributed by atoms with Crippen LogP contribution in [0.5, 0.6) is 0 Å². The molecule has 5 nitrogen and oxygen atoms in total. The summed E-state index contributed by atoms with van der Waals surface area (Å²) < 4.78 is 5.80. The van der Waals surface area contributed by atoms with Gasteiger partial charge in [0.05, 0.1) is 28.5 Å². The number of nitrogens with zero attached hydrogens (tertiary/aromatic N) is 1. The third-order valence-electron chi connectivity index (χ3n) is 4.77. The first kappa shape index (κ1) is 23.1. The molecule has 1 aliphatic rings. The Kier molecular flexibility index (Phi) is 8.60. The maximum Gasteiger partial charge on any atom is 0.230 e. The quantitative estimate of drug-likeness (QED) is 0.463. The molecule has 0 bridgehead atoms. The average molecular weight is 467 g/mol. The summed E-state index contributed by atoms with van der Waals surface area (Å²) in [6, 6.07) is 12.9. The predicted octanol–water partition coefficient (Wildman–Crippen LogP) is 4.31. The van der Waals surface area contributed by atoms with Crippen molar-refractivity contribution in [3.8, 4) is 0 Å². The molecule has 2 aromatic carbocycles. The van der Waals surface area contributed by atoms with Gasteiger partial charge in [-0.15, -0.1) is 11.8 Å². The fraction of sp³-hybridized carbons (Fsp3) is 0.364. The lowest BCUT2D eigenvalue weighted by molar-refractivity contribution is -0.119. The van der Waals surface area contributed by atoms with E-state index in [1.165, 1.54) is 18.7 Å². The van der Waals surface area contributed by atoms with Gasteiger partial charge in [0.15, 0.2) is 5.78 Å². The van der Waals surface area contributed by atoms with Crippen molar-refractivity contribution >= 4 is 46.7 Å². The normalized spacial score (nSPS) is 17.0. The van der Waals surface area contributed by atoms with Gasteiger partial charge in [-0.2, -0.15) is 0 Å². The smallest absolute Gasteiger partial charge is 0.230 e. The van der Waals surface area contributed by atoms with Crippen molar-refractivity contribution in [1.29, 1.82) is 0 Å². The second kappa shape index (κ2) is 11.2. The molecule has 2 aromatic rings. The van der Waals surface area contributed by atoms with Gasteiger partial charge in [-0.1, -0.05) is 41.4 Å². The zero-order chi connectivity index (χ0) is 21.5. The summed E-state index contributed by atoms with van der Waals surface area (Å²) in [4.78, 5) is 26.7. The minimum absolute atomic E-state index is 0.0324. The minimum atomic E-state index is -0.0506. The van der Waals surface area contributed by atoms with Crippen molar-refractivity contribution in [3.05, 3.63) is 63.6 Å². The third-order valence-corrected chi connectivity index (χ3v) is 6.52. The van der Waals surface area contributed by atoms with Crippen molar-refractivity contribution < 1.29 is 14.3 Å². The van der Waals surface area contributed by atoms with Crippen LogP contribution in [-0.4, -0.2) is 54.7 Å². The summed E-state index contributed by atoms with van der Waals surface area (Å²) in [5, 5.41) is 4.06. The van der Waals surface area contributed by atoms with E-state index < -0.39 is 0 Å². The number of carbonyl (C=O) groups is 2. The Morgan fingerprint density at radius 3 is 2.63 bits per heavy atom. The number of ketones is 1. The van der Waals surface area contributed by atoms with Crippen molar-refractivity contribution in [3.63, 3.8) is 0 Å². The molecule has 0 saturated carbocycles. The van der Waals surface area contributed by atoms with Gasteiger partial charge < -0.3 is 10.1 Å². The molecule has 1 saturated heterocycles. The fourth-order valence-corrected chi connectivity index (χ4v) is 4.21. The van der Waals surface area contributed by atoms with Gasteiger partial charge in [0, 0.05) is 36.6 Å². The van der Waals surface area contributed by atoms with Gasteiger partial charge in [-0.3, -0.25) is 14.5 Å². The Hall–Kier alpha value is -1.57. The number of halogens is 2. The molecule has 1 unspecified atom stereocenters. The SMILES string of the molecule is CC(=O)c1ccc(SCC(=O)NCC2CN(Cc3ccc(Cl)c(Cl)c3)CCO2)cc1. The Labute approximate surface area is 191 Å². The third kappa shape index (κ3) is 7.00. The van der Waals surface area contributed by atoms with Crippen LogP contribution in [0.4, 0.5) is 0 Å². The first-order valence-corrected chi connectivity index (χ1v) is 11.4. The zero-order valence-electron chi connectivity index (χ0n) is 16.7. The highest BCUT2D eigenvalue weighted by molar-refractivity contribution is 8.00. The summed E-state index contributed by atoms with van der Waals surface area (Å²) in [5.41, 5.74) is 1.77. The molecule has 1 aliphatic heterocycles. The second-order valence-corrected chi connectivity index (χ2v) is 9.01. The first-order chi connectivity index (χ1) is 14.4. The Morgan fingerprint density at radius 1 is 1.17 bits per heavy atom. The number of hydrogen-bond donors (Lipinski definition) is 1. The molecular weight excluding hydrogens is 443 g/mol. The molecule has 1 amide bonds. The molecule has 0 radical (unpaired) electrons. The number of benzene rings is 2. The number of Topliss-reactive ketones (excluding diaryl/α,β-unsaturated/α-hetero) is 1. The van der Waals surface area contributed by atoms with E-state index in [4.69, 9.17) is 27.9 Å². The summed E-state index contributed by atoms with van der Waals surface area (Å²) in [7, 11) is 0. The lowest BCUT2D eigenvalue weighted by Crippen LogP contribution is -2.47. The minimum Gasteiger partial charge on any atom is -0.374 e. The molecule has 1 fully saturated rings. The summed E-state index contributed by atoms with van der Waals surface area (Å²) >= 11 is 13.5. The van der Waals surface area contributed by atoms with Gasteiger partial charge >= 0.3 is 0 Å². The molecule has 0 aromatic heterocycles. The van der Waals surface area contributed by atoms with Crippen molar-refractivity contribution in [2.75, 3.05) is 32.0 Å². The van der Waals surface area contributed by atoms with Crippen molar-refractivity contribution in [1.82, 2.24) is 10.2 Å².